The SMILES string of the molecule is O=C(O)C(OC(F)F)c1ccccc1F. The lowest BCUT2D eigenvalue weighted by molar-refractivity contribution is -0.189. The molecule has 6 heteroatoms. The summed E-state index contributed by atoms with van der Waals surface area (Å²) >= 11 is 0. The maximum Gasteiger partial charge on any atom is 0.346 e. The average Bonchev–Trinajstić information content (AvgIpc) is 2.15. The Morgan fingerprint density at radius 3 is 2.40 bits per heavy atom. The zero-order valence-corrected chi connectivity index (χ0v) is 7.36. The van der Waals surface area contributed by atoms with E-state index in [1.54, 1.807) is 0 Å². The van der Waals surface area contributed by atoms with Crippen LogP contribution in [0.5, 0.6) is 0 Å². The van der Waals surface area contributed by atoms with Crippen molar-refractivity contribution in [1.29, 1.82) is 0 Å². The Morgan fingerprint density at radius 2 is 1.93 bits per heavy atom. The first-order chi connectivity index (χ1) is 7.02. The molecule has 1 rings (SSSR count). The smallest absolute Gasteiger partial charge is 0.346 e. The molecule has 0 radical (unpaired) electrons. The fourth-order valence-corrected chi connectivity index (χ4v) is 1.06. The normalized spacial score (nSPS) is 12.8. The zero-order valence-electron chi connectivity index (χ0n) is 7.36. The minimum absolute atomic E-state index is 0.426. The minimum Gasteiger partial charge on any atom is -0.479 e. The van der Waals surface area contributed by atoms with E-state index in [9.17, 15) is 18.0 Å². The van der Waals surface area contributed by atoms with Crippen LogP contribution in [-0.2, 0) is 9.53 Å². The average molecular weight is 220 g/mol. The summed E-state index contributed by atoms with van der Waals surface area (Å²) < 4.78 is 40.6. The van der Waals surface area contributed by atoms with Crippen LogP contribution in [0, 0.1) is 5.82 Å². The molecular weight excluding hydrogens is 213 g/mol. The quantitative estimate of drug-likeness (QED) is 0.845. The Balaban J connectivity index is 2.99. The predicted molar refractivity (Wildman–Crippen MR) is 43.9 cm³/mol. The molecule has 15 heavy (non-hydrogen) atoms. The summed E-state index contributed by atoms with van der Waals surface area (Å²) in [6.45, 7) is -3.27. The van der Waals surface area contributed by atoms with Gasteiger partial charge >= 0.3 is 12.6 Å². The molecule has 0 fully saturated rings. The molecule has 3 nitrogen and oxygen atoms in total. The first-order valence-corrected chi connectivity index (χ1v) is 3.93. The summed E-state index contributed by atoms with van der Waals surface area (Å²) in [7, 11) is 0. The Kier molecular flexibility index (Phi) is 3.68. The number of ether oxygens (including phenoxy) is 1. The number of alkyl halides is 2. The molecule has 1 atom stereocenters. The number of aliphatic carboxylic acids is 1. The predicted octanol–water partition coefficient (Wildman–Crippen LogP) is 2.19. The molecule has 0 bridgehead atoms. The second-order valence-electron chi connectivity index (χ2n) is 2.64. The summed E-state index contributed by atoms with van der Waals surface area (Å²) in [4.78, 5) is 10.6. The Bertz CT molecular complexity index is 354. The molecule has 1 aromatic carbocycles. The van der Waals surface area contributed by atoms with Crippen LogP contribution in [0.15, 0.2) is 24.3 Å². The molecule has 0 aliphatic heterocycles. The van der Waals surface area contributed by atoms with Gasteiger partial charge < -0.3 is 9.84 Å². The molecule has 0 aliphatic carbocycles. The van der Waals surface area contributed by atoms with Gasteiger partial charge in [0.05, 0.1) is 0 Å². The summed E-state index contributed by atoms with van der Waals surface area (Å²) in [6.07, 6.45) is -1.99. The van der Waals surface area contributed by atoms with Crippen LogP contribution in [0.2, 0.25) is 0 Å². The first kappa shape index (κ1) is 11.5. The van der Waals surface area contributed by atoms with Gasteiger partial charge in [-0.05, 0) is 6.07 Å². The fourth-order valence-electron chi connectivity index (χ4n) is 1.06. The van der Waals surface area contributed by atoms with Crippen molar-refractivity contribution in [3.05, 3.63) is 35.6 Å². The van der Waals surface area contributed by atoms with E-state index in [4.69, 9.17) is 5.11 Å². The lowest BCUT2D eigenvalue weighted by Gasteiger charge is -2.13. The van der Waals surface area contributed by atoms with Gasteiger partial charge in [0, 0.05) is 5.56 Å². The number of benzene rings is 1. The van der Waals surface area contributed by atoms with Gasteiger partial charge in [-0.1, -0.05) is 18.2 Å². The van der Waals surface area contributed by atoms with E-state index >= 15 is 0 Å². The third-order valence-electron chi connectivity index (χ3n) is 1.65. The van der Waals surface area contributed by atoms with Crippen molar-refractivity contribution < 1.29 is 27.8 Å². The van der Waals surface area contributed by atoms with Crippen LogP contribution in [0.25, 0.3) is 0 Å². The molecule has 0 aromatic heterocycles. The Morgan fingerprint density at radius 1 is 1.33 bits per heavy atom. The molecule has 0 spiro atoms. The topological polar surface area (TPSA) is 46.5 Å². The van der Waals surface area contributed by atoms with Crippen LogP contribution in [0.4, 0.5) is 13.2 Å². The van der Waals surface area contributed by atoms with Gasteiger partial charge in [-0.15, -0.1) is 0 Å². The van der Waals surface area contributed by atoms with E-state index in [1.165, 1.54) is 12.1 Å². The van der Waals surface area contributed by atoms with Gasteiger partial charge in [-0.25, -0.2) is 9.18 Å². The van der Waals surface area contributed by atoms with Crippen molar-refractivity contribution in [1.82, 2.24) is 0 Å². The maximum absolute atomic E-state index is 13.1. The van der Waals surface area contributed by atoms with Gasteiger partial charge in [-0.2, -0.15) is 8.78 Å². The molecule has 0 saturated carbocycles. The maximum atomic E-state index is 13.1. The van der Waals surface area contributed by atoms with Crippen molar-refractivity contribution in [3.8, 4) is 0 Å². The molecule has 1 unspecified atom stereocenters. The van der Waals surface area contributed by atoms with Gasteiger partial charge in [0.25, 0.3) is 0 Å². The highest BCUT2D eigenvalue weighted by atomic mass is 19.3. The molecule has 1 N–H and O–H groups in total. The van der Waals surface area contributed by atoms with Gasteiger partial charge in [-0.3, -0.25) is 0 Å². The second kappa shape index (κ2) is 4.79. The van der Waals surface area contributed by atoms with E-state index in [2.05, 4.69) is 4.74 Å². The monoisotopic (exact) mass is 220 g/mol. The minimum atomic E-state index is -3.27. The number of carbonyl (C=O) groups is 1. The van der Waals surface area contributed by atoms with Crippen LogP contribution in [0.3, 0.4) is 0 Å². The highest BCUT2D eigenvalue weighted by Gasteiger charge is 2.26. The number of halogens is 3. The molecule has 82 valence electrons. The van der Waals surface area contributed by atoms with Crippen LogP contribution < -0.4 is 0 Å². The lowest BCUT2D eigenvalue weighted by Crippen LogP contribution is -2.19. The lowest BCUT2D eigenvalue weighted by atomic mass is 10.1. The van der Waals surface area contributed by atoms with E-state index in [0.717, 1.165) is 12.1 Å². The van der Waals surface area contributed by atoms with Gasteiger partial charge in [0.1, 0.15) is 5.82 Å². The highest BCUT2D eigenvalue weighted by molar-refractivity contribution is 5.74. The van der Waals surface area contributed by atoms with Crippen molar-refractivity contribution in [2.24, 2.45) is 0 Å². The standard InChI is InChI=1S/C9H7F3O3/c10-6-4-2-1-3-5(6)7(8(13)14)15-9(11)12/h1-4,7,9H,(H,13,14). The van der Waals surface area contributed by atoms with Crippen molar-refractivity contribution in [3.63, 3.8) is 0 Å². The number of carboxylic acids is 1. The summed E-state index contributed by atoms with van der Waals surface area (Å²) in [6, 6.07) is 4.71. The third kappa shape index (κ3) is 2.95. The first-order valence-electron chi connectivity index (χ1n) is 3.93. The molecule has 0 saturated heterocycles. The highest BCUT2D eigenvalue weighted by Crippen LogP contribution is 2.22. The fraction of sp³-hybridized carbons (Fsp3) is 0.222. The molecule has 1 aromatic rings. The molecule has 0 amide bonds. The van der Waals surface area contributed by atoms with Gasteiger partial charge in [0.15, 0.2) is 6.10 Å². The molecule has 0 aliphatic rings. The van der Waals surface area contributed by atoms with Crippen LogP contribution in [-0.4, -0.2) is 17.7 Å². The van der Waals surface area contributed by atoms with E-state index in [-0.39, 0.29) is 0 Å². The van der Waals surface area contributed by atoms with E-state index < -0.39 is 30.1 Å². The number of hydrogen-bond acceptors (Lipinski definition) is 2. The van der Waals surface area contributed by atoms with Gasteiger partial charge in [0.2, 0.25) is 0 Å². The Hall–Kier alpha value is -1.56. The number of rotatable bonds is 4. The Labute approximate surface area is 83.1 Å². The van der Waals surface area contributed by atoms with Crippen LogP contribution in [0.1, 0.15) is 11.7 Å². The third-order valence-corrected chi connectivity index (χ3v) is 1.65. The number of carboxylic acid groups (broad SMARTS) is 1. The largest absolute Gasteiger partial charge is 0.479 e. The van der Waals surface area contributed by atoms with Crippen molar-refractivity contribution in [2.45, 2.75) is 12.7 Å². The van der Waals surface area contributed by atoms with E-state index in [1.807, 2.05) is 0 Å². The summed E-state index contributed by atoms with van der Waals surface area (Å²) in [5.74, 6) is -2.56. The molecule has 0 heterocycles. The summed E-state index contributed by atoms with van der Waals surface area (Å²) in [5, 5.41) is 8.58. The second-order valence-corrected chi connectivity index (χ2v) is 2.64. The number of hydrogen-bond donors (Lipinski definition) is 1. The van der Waals surface area contributed by atoms with Crippen LogP contribution >= 0.6 is 0 Å². The van der Waals surface area contributed by atoms with Crippen molar-refractivity contribution in [2.75, 3.05) is 0 Å². The van der Waals surface area contributed by atoms with E-state index in [0.29, 0.717) is 0 Å². The van der Waals surface area contributed by atoms with Crippen molar-refractivity contribution >= 4 is 5.97 Å². The molecular formula is C9H7F3O3. The summed E-state index contributed by atoms with van der Waals surface area (Å²) in [5.41, 5.74) is -0.426. The zero-order chi connectivity index (χ0) is 11.4.